The Morgan fingerprint density at radius 2 is 2.16 bits per heavy atom. The van der Waals surface area contributed by atoms with Crippen LogP contribution >= 0.6 is 0 Å². The van der Waals surface area contributed by atoms with E-state index in [0.717, 1.165) is 12.0 Å². The van der Waals surface area contributed by atoms with Gasteiger partial charge in [-0.1, -0.05) is 19.4 Å². The molecule has 0 amide bonds. The van der Waals surface area contributed by atoms with Crippen LogP contribution in [0.5, 0.6) is 5.75 Å². The number of carboxylic acids is 1. The first kappa shape index (κ1) is 13.1. The maximum atomic E-state index is 11.2. The molecule has 0 unspecified atom stereocenters. The molecule has 0 atom stereocenters. The minimum absolute atomic E-state index is 0.0948. The topological polar surface area (TPSA) is 75.3 Å². The van der Waals surface area contributed by atoms with Gasteiger partial charge in [0.05, 0.1) is 11.9 Å². The number of aromatic hydroxyl groups is 1. The molecule has 0 spiro atoms. The van der Waals surface area contributed by atoms with E-state index in [1.165, 1.54) is 10.9 Å². The van der Waals surface area contributed by atoms with Crippen molar-refractivity contribution in [3.63, 3.8) is 0 Å². The van der Waals surface area contributed by atoms with Gasteiger partial charge in [-0.05, 0) is 31.0 Å². The van der Waals surface area contributed by atoms with Crippen molar-refractivity contribution in [3.05, 3.63) is 41.2 Å². The standard InChI is InChI=1S/C14H16N2O3/c1-3-4-11-10(14(18)19)8-15-16(11)12-6-5-9(2)7-13(12)17/h5-8,17H,3-4H2,1-2H3,(H,18,19). The maximum Gasteiger partial charge on any atom is 0.339 e. The molecule has 5 nitrogen and oxygen atoms in total. The fourth-order valence-electron chi connectivity index (χ4n) is 2.05. The van der Waals surface area contributed by atoms with Gasteiger partial charge in [0, 0.05) is 0 Å². The summed E-state index contributed by atoms with van der Waals surface area (Å²) in [7, 11) is 0. The van der Waals surface area contributed by atoms with Crippen molar-refractivity contribution in [2.45, 2.75) is 26.7 Å². The summed E-state index contributed by atoms with van der Waals surface area (Å²) in [6.07, 6.45) is 2.72. The Labute approximate surface area is 111 Å². The molecule has 0 bridgehead atoms. The summed E-state index contributed by atoms with van der Waals surface area (Å²) < 4.78 is 1.50. The summed E-state index contributed by atoms with van der Waals surface area (Å²) in [6.45, 7) is 3.85. The van der Waals surface area contributed by atoms with E-state index in [0.29, 0.717) is 17.8 Å². The number of carbonyl (C=O) groups is 1. The molecule has 1 heterocycles. The largest absolute Gasteiger partial charge is 0.506 e. The number of rotatable bonds is 4. The number of benzene rings is 1. The summed E-state index contributed by atoms with van der Waals surface area (Å²) in [6, 6.07) is 5.22. The zero-order valence-electron chi connectivity index (χ0n) is 10.9. The number of hydrogen-bond acceptors (Lipinski definition) is 3. The lowest BCUT2D eigenvalue weighted by atomic mass is 10.1. The highest BCUT2D eigenvalue weighted by atomic mass is 16.4. The van der Waals surface area contributed by atoms with Gasteiger partial charge in [-0.25, -0.2) is 9.48 Å². The van der Waals surface area contributed by atoms with Crippen LogP contribution in [0.2, 0.25) is 0 Å². The number of aromatic carboxylic acids is 1. The van der Waals surface area contributed by atoms with Crippen LogP contribution in [0.4, 0.5) is 0 Å². The molecule has 2 rings (SSSR count). The van der Waals surface area contributed by atoms with E-state index >= 15 is 0 Å². The highest BCUT2D eigenvalue weighted by molar-refractivity contribution is 5.88. The van der Waals surface area contributed by atoms with Crippen LogP contribution in [0.25, 0.3) is 5.69 Å². The number of phenols is 1. The van der Waals surface area contributed by atoms with Gasteiger partial charge in [0.2, 0.25) is 0 Å². The quantitative estimate of drug-likeness (QED) is 0.885. The molecule has 0 saturated heterocycles. The molecule has 0 aliphatic heterocycles. The Kier molecular flexibility index (Phi) is 3.55. The molecular formula is C14H16N2O3. The van der Waals surface area contributed by atoms with Crippen molar-refractivity contribution in [1.82, 2.24) is 9.78 Å². The molecule has 5 heteroatoms. The van der Waals surface area contributed by atoms with Gasteiger partial charge in [-0.3, -0.25) is 0 Å². The van der Waals surface area contributed by atoms with Gasteiger partial charge in [-0.15, -0.1) is 0 Å². The lowest BCUT2D eigenvalue weighted by molar-refractivity contribution is 0.0695. The van der Waals surface area contributed by atoms with E-state index in [1.807, 2.05) is 19.9 Å². The molecule has 2 N–H and O–H groups in total. The first-order valence-electron chi connectivity index (χ1n) is 6.14. The van der Waals surface area contributed by atoms with Gasteiger partial charge in [0.15, 0.2) is 0 Å². The Bertz CT molecular complexity index is 617. The van der Waals surface area contributed by atoms with Crippen LogP contribution in [0.15, 0.2) is 24.4 Å². The average Bonchev–Trinajstić information content (AvgIpc) is 2.73. The predicted octanol–water partition coefficient (Wildman–Crippen LogP) is 2.54. The van der Waals surface area contributed by atoms with Crippen molar-refractivity contribution in [2.75, 3.05) is 0 Å². The predicted molar refractivity (Wildman–Crippen MR) is 70.9 cm³/mol. The summed E-state index contributed by atoms with van der Waals surface area (Å²) in [5.74, 6) is -0.904. The first-order valence-corrected chi connectivity index (χ1v) is 6.14. The zero-order valence-corrected chi connectivity index (χ0v) is 10.9. The summed E-state index contributed by atoms with van der Waals surface area (Å²) in [5, 5.41) is 23.2. The van der Waals surface area contributed by atoms with Gasteiger partial charge in [0.1, 0.15) is 17.0 Å². The Hall–Kier alpha value is -2.30. The minimum atomic E-state index is -0.999. The van der Waals surface area contributed by atoms with Crippen LogP contribution in [-0.4, -0.2) is 26.0 Å². The number of aryl methyl sites for hydroxylation is 1. The maximum absolute atomic E-state index is 11.2. The molecule has 0 saturated carbocycles. The third-order valence-corrected chi connectivity index (χ3v) is 2.95. The van der Waals surface area contributed by atoms with Crippen LogP contribution in [0.1, 0.15) is 35.0 Å². The molecule has 2 aromatic rings. The summed E-state index contributed by atoms with van der Waals surface area (Å²) in [5.41, 5.74) is 2.22. The fourth-order valence-corrected chi connectivity index (χ4v) is 2.05. The molecule has 0 radical (unpaired) electrons. The van der Waals surface area contributed by atoms with E-state index in [1.54, 1.807) is 12.1 Å². The van der Waals surface area contributed by atoms with Crippen LogP contribution in [0, 0.1) is 6.92 Å². The van der Waals surface area contributed by atoms with Crippen molar-refractivity contribution in [3.8, 4) is 11.4 Å². The molecule has 0 fully saturated rings. The number of aromatic nitrogens is 2. The summed E-state index contributed by atoms with van der Waals surface area (Å²) in [4.78, 5) is 11.2. The third-order valence-electron chi connectivity index (χ3n) is 2.95. The van der Waals surface area contributed by atoms with E-state index in [9.17, 15) is 9.90 Å². The van der Waals surface area contributed by atoms with E-state index < -0.39 is 5.97 Å². The molecular weight excluding hydrogens is 244 g/mol. The number of phenolic OH excluding ortho intramolecular Hbond substituents is 1. The van der Waals surface area contributed by atoms with Gasteiger partial charge in [0.25, 0.3) is 0 Å². The first-order chi connectivity index (χ1) is 9.04. The highest BCUT2D eigenvalue weighted by Gasteiger charge is 2.18. The molecule has 19 heavy (non-hydrogen) atoms. The highest BCUT2D eigenvalue weighted by Crippen LogP contribution is 2.25. The molecule has 0 aliphatic rings. The number of carboxylic acid groups (broad SMARTS) is 1. The van der Waals surface area contributed by atoms with Crippen molar-refractivity contribution < 1.29 is 15.0 Å². The molecule has 1 aromatic heterocycles. The summed E-state index contributed by atoms with van der Waals surface area (Å²) >= 11 is 0. The van der Waals surface area contributed by atoms with E-state index in [2.05, 4.69) is 5.10 Å². The lowest BCUT2D eigenvalue weighted by Crippen LogP contribution is -2.06. The van der Waals surface area contributed by atoms with Crippen molar-refractivity contribution in [1.29, 1.82) is 0 Å². The average molecular weight is 260 g/mol. The SMILES string of the molecule is CCCc1c(C(=O)O)cnn1-c1ccc(C)cc1O. The minimum Gasteiger partial charge on any atom is -0.506 e. The number of nitrogens with zero attached hydrogens (tertiary/aromatic N) is 2. The Balaban J connectivity index is 2.58. The van der Waals surface area contributed by atoms with E-state index in [4.69, 9.17) is 5.11 Å². The smallest absolute Gasteiger partial charge is 0.339 e. The number of hydrogen-bond donors (Lipinski definition) is 2. The molecule has 0 aliphatic carbocycles. The van der Waals surface area contributed by atoms with Crippen LogP contribution < -0.4 is 0 Å². The van der Waals surface area contributed by atoms with Gasteiger partial charge >= 0.3 is 5.97 Å². The van der Waals surface area contributed by atoms with Gasteiger partial charge < -0.3 is 10.2 Å². The lowest BCUT2D eigenvalue weighted by Gasteiger charge is -2.10. The Morgan fingerprint density at radius 1 is 1.42 bits per heavy atom. The molecule has 100 valence electrons. The second-order valence-electron chi connectivity index (χ2n) is 4.46. The third kappa shape index (κ3) is 2.45. The second-order valence-corrected chi connectivity index (χ2v) is 4.46. The van der Waals surface area contributed by atoms with Crippen LogP contribution in [0.3, 0.4) is 0 Å². The monoisotopic (exact) mass is 260 g/mol. The van der Waals surface area contributed by atoms with E-state index in [-0.39, 0.29) is 11.3 Å². The normalized spacial score (nSPS) is 10.6. The molecule has 1 aromatic carbocycles. The van der Waals surface area contributed by atoms with Crippen LogP contribution in [-0.2, 0) is 6.42 Å². The zero-order chi connectivity index (χ0) is 14.0. The second kappa shape index (κ2) is 5.14. The van der Waals surface area contributed by atoms with Gasteiger partial charge in [-0.2, -0.15) is 5.10 Å². The Morgan fingerprint density at radius 3 is 2.74 bits per heavy atom. The van der Waals surface area contributed by atoms with Crippen molar-refractivity contribution in [2.24, 2.45) is 0 Å². The fraction of sp³-hybridized carbons (Fsp3) is 0.286. The van der Waals surface area contributed by atoms with Crippen molar-refractivity contribution >= 4 is 5.97 Å².